The Hall–Kier alpha value is -0.670. The summed E-state index contributed by atoms with van der Waals surface area (Å²) < 4.78 is 17.0. The van der Waals surface area contributed by atoms with Gasteiger partial charge in [0.05, 0.1) is 29.0 Å². The maximum Gasteiger partial charge on any atom is 0.143 e. The number of nitrogen functional groups attached to an aromatic ring is 1. The third kappa shape index (κ3) is 2.93. The fourth-order valence-electron chi connectivity index (χ4n) is 0.906. The number of hydrogen-bond donors (Lipinski definition) is 1. The molecule has 0 saturated carbocycles. The summed E-state index contributed by atoms with van der Waals surface area (Å²) in [5, 5.41) is 0.748. The third-order valence-corrected chi connectivity index (χ3v) is 2.31. The molecular formula is C9H10Cl2FNO. The maximum atomic E-state index is 11.8. The summed E-state index contributed by atoms with van der Waals surface area (Å²) >= 11 is 11.5. The Balaban J connectivity index is 2.72. The molecule has 0 saturated heterocycles. The lowest BCUT2D eigenvalue weighted by Gasteiger charge is -2.08. The van der Waals surface area contributed by atoms with E-state index in [2.05, 4.69) is 0 Å². The summed E-state index contributed by atoms with van der Waals surface area (Å²) in [6, 6.07) is 3.03. The zero-order valence-corrected chi connectivity index (χ0v) is 8.91. The molecule has 0 aliphatic rings. The van der Waals surface area contributed by atoms with Crippen molar-refractivity contribution in [2.45, 2.75) is 6.42 Å². The lowest BCUT2D eigenvalue weighted by atomic mass is 10.3. The standard InChI is InChI=1S/C9H10Cl2FNO/c10-6-4-8(13)9(5-7(6)11)14-3-1-2-12/h4-5H,1-3,13H2. The molecule has 0 atom stereocenters. The van der Waals surface area contributed by atoms with Crippen molar-refractivity contribution in [3.63, 3.8) is 0 Å². The van der Waals surface area contributed by atoms with Crippen LogP contribution in [0.4, 0.5) is 10.1 Å². The zero-order chi connectivity index (χ0) is 10.6. The molecule has 0 aliphatic carbocycles. The Morgan fingerprint density at radius 2 is 1.93 bits per heavy atom. The van der Waals surface area contributed by atoms with Crippen LogP contribution < -0.4 is 10.5 Å². The number of benzene rings is 1. The molecule has 0 amide bonds. The van der Waals surface area contributed by atoms with Crippen LogP contribution in [0.2, 0.25) is 10.0 Å². The molecule has 0 bridgehead atoms. The molecule has 0 radical (unpaired) electrons. The molecule has 0 unspecified atom stereocenters. The van der Waals surface area contributed by atoms with Crippen LogP contribution >= 0.6 is 23.2 Å². The van der Waals surface area contributed by atoms with Crippen molar-refractivity contribution in [1.82, 2.24) is 0 Å². The average molecular weight is 238 g/mol. The molecule has 0 aliphatic heterocycles. The van der Waals surface area contributed by atoms with Gasteiger partial charge < -0.3 is 10.5 Å². The van der Waals surface area contributed by atoms with Crippen LogP contribution in [-0.4, -0.2) is 13.3 Å². The SMILES string of the molecule is Nc1cc(Cl)c(Cl)cc1OCCCF. The fourth-order valence-corrected chi connectivity index (χ4v) is 1.23. The van der Waals surface area contributed by atoms with Crippen molar-refractivity contribution >= 4 is 28.9 Å². The van der Waals surface area contributed by atoms with E-state index in [0.29, 0.717) is 27.9 Å². The first-order valence-corrected chi connectivity index (χ1v) is 4.84. The molecule has 0 spiro atoms. The van der Waals surface area contributed by atoms with Crippen molar-refractivity contribution in [2.75, 3.05) is 19.0 Å². The monoisotopic (exact) mass is 237 g/mol. The minimum Gasteiger partial charge on any atom is -0.491 e. The summed E-state index contributed by atoms with van der Waals surface area (Å²) in [4.78, 5) is 0. The van der Waals surface area contributed by atoms with Crippen molar-refractivity contribution < 1.29 is 9.13 Å². The number of halogens is 3. The van der Waals surface area contributed by atoms with Crippen LogP contribution in [0.1, 0.15) is 6.42 Å². The lowest BCUT2D eigenvalue weighted by Crippen LogP contribution is -2.01. The van der Waals surface area contributed by atoms with Gasteiger partial charge in [-0.15, -0.1) is 0 Å². The maximum absolute atomic E-state index is 11.8. The summed E-state index contributed by atoms with van der Waals surface area (Å²) in [7, 11) is 0. The Kier molecular flexibility index (Phi) is 4.29. The van der Waals surface area contributed by atoms with Gasteiger partial charge >= 0.3 is 0 Å². The predicted molar refractivity (Wildman–Crippen MR) is 57.0 cm³/mol. The number of anilines is 1. The first kappa shape index (κ1) is 11.4. The van der Waals surface area contributed by atoms with Crippen LogP contribution in [0.3, 0.4) is 0 Å². The van der Waals surface area contributed by atoms with Crippen LogP contribution in [-0.2, 0) is 0 Å². The first-order chi connectivity index (χ1) is 6.65. The molecule has 78 valence electrons. The van der Waals surface area contributed by atoms with E-state index < -0.39 is 6.67 Å². The number of hydrogen-bond acceptors (Lipinski definition) is 2. The number of nitrogens with two attached hydrogens (primary N) is 1. The number of alkyl halides is 1. The van der Waals surface area contributed by atoms with Gasteiger partial charge in [-0.05, 0) is 6.07 Å². The van der Waals surface area contributed by atoms with Gasteiger partial charge in [0.25, 0.3) is 0 Å². The smallest absolute Gasteiger partial charge is 0.143 e. The van der Waals surface area contributed by atoms with E-state index in [1.807, 2.05) is 0 Å². The largest absolute Gasteiger partial charge is 0.491 e. The molecule has 0 heterocycles. The fraction of sp³-hybridized carbons (Fsp3) is 0.333. The lowest BCUT2D eigenvalue weighted by molar-refractivity contribution is 0.291. The van der Waals surface area contributed by atoms with Gasteiger partial charge in [0.15, 0.2) is 0 Å². The molecule has 2 N–H and O–H groups in total. The van der Waals surface area contributed by atoms with Gasteiger partial charge in [-0.3, -0.25) is 4.39 Å². The molecule has 14 heavy (non-hydrogen) atoms. The number of ether oxygens (including phenoxy) is 1. The van der Waals surface area contributed by atoms with Gasteiger partial charge in [-0.2, -0.15) is 0 Å². The minimum absolute atomic E-state index is 0.276. The molecule has 5 heteroatoms. The topological polar surface area (TPSA) is 35.2 Å². The molecule has 0 fully saturated rings. The molecule has 1 aromatic rings. The van der Waals surface area contributed by atoms with Crippen molar-refractivity contribution in [2.24, 2.45) is 0 Å². The van der Waals surface area contributed by atoms with E-state index in [0.717, 1.165) is 0 Å². The van der Waals surface area contributed by atoms with Crippen molar-refractivity contribution in [1.29, 1.82) is 0 Å². The molecule has 1 aromatic carbocycles. The Morgan fingerprint density at radius 1 is 1.29 bits per heavy atom. The van der Waals surface area contributed by atoms with E-state index in [-0.39, 0.29) is 6.61 Å². The van der Waals surface area contributed by atoms with E-state index in [1.54, 1.807) is 0 Å². The Bertz CT molecular complexity index is 320. The highest BCUT2D eigenvalue weighted by atomic mass is 35.5. The van der Waals surface area contributed by atoms with Crippen LogP contribution in [0.25, 0.3) is 0 Å². The van der Waals surface area contributed by atoms with E-state index in [1.165, 1.54) is 12.1 Å². The predicted octanol–water partition coefficient (Wildman–Crippen LogP) is 3.31. The second-order valence-electron chi connectivity index (χ2n) is 2.70. The molecule has 2 nitrogen and oxygen atoms in total. The van der Waals surface area contributed by atoms with Crippen molar-refractivity contribution in [3.8, 4) is 5.75 Å². The third-order valence-electron chi connectivity index (χ3n) is 1.59. The number of rotatable bonds is 4. The highest BCUT2D eigenvalue weighted by Crippen LogP contribution is 2.32. The summed E-state index contributed by atoms with van der Waals surface area (Å²) in [6.07, 6.45) is 0.333. The van der Waals surface area contributed by atoms with Crippen LogP contribution in [0, 0.1) is 0 Å². The highest BCUT2D eigenvalue weighted by molar-refractivity contribution is 6.42. The zero-order valence-electron chi connectivity index (χ0n) is 7.40. The van der Waals surface area contributed by atoms with Crippen LogP contribution in [0.5, 0.6) is 5.75 Å². The van der Waals surface area contributed by atoms with Gasteiger partial charge in [0, 0.05) is 12.5 Å². The Labute approximate surface area is 91.8 Å². The molecular weight excluding hydrogens is 228 g/mol. The minimum atomic E-state index is -0.415. The molecule has 1 rings (SSSR count). The van der Waals surface area contributed by atoms with Gasteiger partial charge in [0.1, 0.15) is 5.75 Å². The van der Waals surface area contributed by atoms with Crippen LogP contribution in [0.15, 0.2) is 12.1 Å². The second-order valence-corrected chi connectivity index (χ2v) is 3.51. The summed E-state index contributed by atoms with van der Waals surface area (Å²) in [6.45, 7) is -0.139. The summed E-state index contributed by atoms with van der Waals surface area (Å²) in [5.41, 5.74) is 6.01. The second kappa shape index (κ2) is 5.27. The average Bonchev–Trinajstić information content (AvgIpc) is 2.14. The van der Waals surface area contributed by atoms with Gasteiger partial charge in [-0.25, -0.2) is 0 Å². The van der Waals surface area contributed by atoms with Crippen molar-refractivity contribution in [3.05, 3.63) is 22.2 Å². The summed E-state index contributed by atoms with van der Waals surface area (Å²) in [5.74, 6) is 0.438. The Morgan fingerprint density at radius 3 is 2.57 bits per heavy atom. The quantitative estimate of drug-likeness (QED) is 0.645. The van der Waals surface area contributed by atoms with E-state index >= 15 is 0 Å². The highest BCUT2D eigenvalue weighted by Gasteiger charge is 2.05. The first-order valence-electron chi connectivity index (χ1n) is 4.08. The van der Waals surface area contributed by atoms with E-state index in [9.17, 15) is 4.39 Å². The normalized spacial score (nSPS) is 10.2. The van der Waals surface area contributed by atoms with Gasteiger partial charge in [-0.1, -0.05) is 23.2 Å². The molecule has 0 aromatic heterocycles. The van der Waals surface area contributed by atoms with Gasteiger partial charge in [0.2, 0.25) is 0 Å². The van der Waals surface area contributed by atoms with E-state index in [4.69, 9.17) is 33.7 Å².